The topological polar surface area (TPSA) is 80.4 Å². The highest BCUT2D eigenvalue weighted by Crippen LogP contribution is 2.19. The van der Waals surface area contributed by atoms with E-state index in [9.17, 15) is 8.42 Å². The summed E-state index contributed by atoms with van der Waals surface area (Å²) in [6.45, 7) is 7.97. The minimum atomic E-state index is -4.02. The fraction of sp³-hybridized carbons (Fsp3) is 0.294. The SMILES string of the molecule is Cc1ccc(S(=O)(=O)O)cc1.Cc1ccccc1C(C)(C)N. The molecule has 2 aromatic rings. The molecule has 0 saturated carbocycles. The van der Waals surface area contributed by atoms with Crippen LogP contribution in [-0.2, 0) is 15.7 Å². The van der Waals surface area contributed by atoms with Crippen LogP contribution in [-0.4, -0.2) is 13.0 Å². The fourth-order valence-corrected chi connectivity index (χ4v) is 2.49. The second-order valence-electron chi connectivity index (χ2n) is 5.82. The normalized spacial score (nSPS) is 11.5. The van der Waals surface area contributed by atoms with Gasteiger partial charge in [0, 0.05) is 5.54 Å². The Morgan fingerprint density at radius 2 is 1.45 bits per heavy atom. The summed E-state index contributed by atoms with van der Waals surface area (Å²) in [7, 11) is -4.02. The summed E-state index contributed by atoms with van der Waals surface area (Å²) in [6.07, 6.45) is 0. The molecule has 5 heteroatoms. The van der Waals surface area contributed by atoms with E-state index in [0.717, 1.165) is 5.56 Å². The Morgan fingerprint density at radius 1 is 0.955 bits per heavy atom. The van der Waals surface area contributed by atoms with Crippen LogP contribution in [0, 0.1) is 13.8 Å². The molecule has 0 bridgehead atoms. The van der Waals surface area contributed by atoms with Gasteiger partial charge in [-0.3, -0.25) is 4.55 Å². The molecule has 4 nitrogen and oxygen atoms in total. The zero-order chi connectivity index (χ0) is 17.0. The van der Waals surface area contributed by atoms with Gasteiger partial charge in [0.05, 0.1) is 4.90 Å². The van der Waals surface area contributed by atoms with E-state index in [2.05, 4.69) is 19.1 Å². The van der Waals surface area contributed by atoms with Crippen molar-refractivity contribution in [3.8, 4) is 0 Å². The Bertz CT molecular complexity index is 714. The minimum absolute atomic E-state index is 0.0666. The molecule has 2 rings (SSSR count). The summed E-state index contributed by atoms with van der Waals surface area (Å²) in [6, 6.07) is 14.2. The van der Waals surface area contributed by atoms with Crippen LogP contribution < -0.4 is 5.73 Å². The van der Waals surface area contributed by atoms with Gasteiger partial charge in [0.15, 0.2) is 0 Å². The molecule has 3 N–H and O–H groups in total. The van der Waals surface area contributed by atoms with Crippen LogP contribution in [0.25, 0.3) is 0 Å². The highest BCUT2D eigenvalue weighted by Gasteiger charge is 2.14. The molecule has 0 aliphatic rings. The van der Waals surface area contributed by atoms with Crippen LogP contribution in [0.4, 0.5) is 0 Å². The van der Waals surface area contributed by atoms with Gasteiger partial charge in [-0.25, -0.2) is 0 Å². The van der Waals surface area contributed by atoms with Crippen molar-refractivity contribution in [1.29, 1.82) is 0 Å². The Labute approximate surface area is 132 Å². The van der Waals surface area contributed by atoms with Gasteiger partial charge in [-0.05, 0) is 51.0 Å². The molecule has 22 heavy (non-hydrogen) atoms. The third-order valence-electron chi connectivity index (χ3n) is 3.16. The molecule has 0 heterocycles. The maximum absolute atomic E-state index is 10.5. The van der Waals surface area contributed by atoms with Crippen molar-refractivity contribution >= 4 is 10.1 Å². The van der Waals surface area contributed by atoms with E-state index in [1.54, 1.807) is 12.1 Å². The number of rotatable bonds is 2. The Kier molecular flexibility index (Phi) is 5.88. The quantitative estimate of drug-likeness (QED) is 0.830. The first-order chi connectivity index (χ1) is 10.0. The van der Waals surface area contributed by atoms with E-state index < -0.39 is 10.1 Å². The van der Waals surface area contributed by atoms with E-state index in [1.807, 2.05) is 32.9 Å². The van der Waals surface area contributed by atoms with Crippen molar-refractivity contribution in [1.82, 2.24) is 0 Å². The van der Waals surface area contributed by atoms with Crippen molar-refractivity contribution in [2.45, 2.75) is 38.1 Å². The van der Waals surface area contributed by atoms with Gasteiger partial charge in [-0.1, -0.05) is 42.0 Å². The lowest BCUT2D eigenvalue weighted by Crippen LogP contribution is -2.29. The predicted molar refractivity (Wildman–Crippen MR) is 89.4 cm³/mol. The smallest absolute Gasteiger partial charge is 0.294 e. The van der Waals surface area contributed by atoms with Crippen LogP contribution in [0.1, 0.15) is 30.5 Å². The summed E-state index contributed by atoms with van der Waals surface area (Å²) in [5.74, 6) is 0. The highest BCUT2D eigenvalue weighted by molar-refractivity contribution is 7.85. The summed E-state index contributed by atoms with van der Waals surface area (Å²) in [5.41, 5.74) is 9.18. The fourth-order valence-electron chi connectivity index (χ4n) is 2.01. The van der Waals surface area contributed by atoms with Crippen LogP contribution >= 0.6 is 0 Å². The van der Waals surface area contributed by atoms with Gasteiger partial charge < -0.3 is 5.73 Å². The maximum atomic E-state index is 10.5. The van der Waals surface area contributed by atoms with Crippen molar-refractivity contribution in [3.05, 3.63) is 65.2 Å². The molecule has 0 aliphatic carbocycles. The van der Waals surface area contributed by atoms with Crippen LogP contribution in [0.5, 0.6) is 0 Å². The monoisotopic (exact) mass is 321 g/mol. The predicted octanol–water partition coefficient (Wildman–Crippen LogP) is 3.43. The molecule has 0 radical (unpaired) electrons. The van der Waals surface area contributed by atoms with Gasteiger partial charge >= 0.3 is 0 Å². The molecule has 0 fully saturated rings. The van der Waals surface area contributed by atoms with Gasteiger partial charge in [-0.15, -0.1) is 0 Å². The lowest BCUT2D eigenvalue weighted by Gasteiger charge is -2.21. The Morgan fingerprint density at radius 3 is 1.82 bits per heavy atom. The average Bonchev–Trinajstić information content (AvgIpc) is 2.38. The molecular weight excluding hydrogens is 298 g/mol. The Hall–Kier alpha value is -1.69. The van der Waals surface area contributed by atoms with E-state index in [0.29, 0.717) is 0 Å². The number of hydrogen-bond acceptors (Lipinski definition) is 3. The van der Waals surface area contributed by atoms with Crippen molar-refractivity contribution in [3.63, 3.8) is 0 Å². The number of aryl methyl sites for hydroxylation is 2. The summed E-state index contributed by atoms with van der Waals surface area (Å²) < 4.78 is 29.6. The second-order valence-corrected chi connectivity index (χ2v) is 7.25. The minimum Gasteiger partial charge on any atom is -0.322 e. The summed E-state index contributed by atoms with van der Waals surface area (Å²) >= 11 is 0. The number of benzene rings is 2. The first kappa shape index (κ1) is 18.4. The largest absolute Gasteiger partial charge is 0.322 e. The van der Waals surface area contributed by atoms with Gasteiger partial charge in [0.1, 0.15) is 0 Å². The highest BCUT2D eigenvalue weighted by atomic mass is 32.2. The molecule has 0 saturated heterocycles. The Balaban J connectivity index is 0.000000220. The number of hydrogen-bond donors (Lipinski definition) is 2. The third kappa shape index (κ3) is 5.60. The van der Waals surface area contributed by atoms with Crippen molar-refractivity contribution in [2.75, 3.05) is 0 Å². The molecule has 0 atom stereocenters. The summed E-state index contributed by atoms with van der Waals surface area (Å²) in [4.78, 5) is -0.0666. The molecule has 2 aromatic carbocycles. The third-order valence-corrected chi connectivity index (χ3v) is 4.03. The number of nitrogens with two attached hydrogens (primary N) is 1. The van der Waals surface area contributed by atoms with Crippen molar-refractivity contribution < 1.29 is 13.0 Å². The van der Waals surface area contributed by atoms with Crippen LogP contribution in [0.2, 0.25) is 0 Å². The zero-order valence-electron chi connectivity index (χ0n) is 13.4. The molecule has 120 valence electrons. The lowest BCUT2D eigenvalue weighted by atomic mass is 9.92. The average molecular weight is 321 g/mol. The van der Waals surface area contributed by atoms with E-state index >= 15 is 0 Å². The standard InChI is InChI=1S/C10H15N.C7H8O3S/c1-8-6-4-5-7-9(8)10(2,3)11;1-6-2-4-7(5-3-6)11(8,9)10/h4-7H,11H2,1-3H3;2-5H,1H3,(H,8,9,10). The molecule has 0 aliphatic heterocycles. The van der Waals surface area contributed by atoms with Gasteiger partial charge in [0.25, 0.3) is 10.1 Å². The van der Waals surface area contributed by atoms with E-state index in [1.165, 1.54) is 23.3 Å². The molecule has 0 unspecified atom stereocenters. The van der Waals surface area contributed by atoms with Gasteiger partial charge in [0.2, 0.25) is 0 Å². The molecular formula is C17H23NO3S. The first-order valence-electron chi connectivity index (χ1n) is 6.91. The van der Waals surface area contributed by atoms with Crippen molar-refractivity contribution in [2.24, 2.45) is 5.73 Å². The van der Waals surface area contributed by atoms with E-state index in [-0.39, 0.29) is 10.4 Å². The first-order valence-corrected chi connectivity index (χ1v) is 8.35. The molecule has 0 spiro atoms. The van der Waals surface area contributed by atoms with Crippen LogP contribution in [0.3, 0.4) is 0 Å². The molecule has 0 amide bonds. The van der Waals surface area contributed by atoms with E-state index in [4.69, 9.17) is 10.3 Å². The summed E-state index contributed by atoms with van der Waals surface area (Å²) in [5, 5.41) is 0. The van der Waals surface area contributed by atoms with Crippen LogP contribution in [0.15, 0.2) is 53.4 Å². The maximum Gasteiger partial charge on any atom is 0.294 e. The lowest BCUT2D eigenvalue weighted by molar-refractivity contribution is 0.483. The molecule has 0 aromatic heterocycles. The zero-order valence-corrected chi connectivity index (χ0v) is 14.2. The second kappa shape index (κ2) is 7.05. The van der Waals surface area contributed by atoms with Gasteiger partial charge in [-0.2, -0.15) is 8.42 Å².